The van der Waals surface area contributed by atoms with E-state index in [0.717, 1.165) is 46.1 Å². The zero-order chi connectivity index (χ0) is 12.7. The highest BCUT2D eigenvalue weighted by molar-refractivity contribution is 9.11. The lowest BCUT2D eigenvalue weighted by atomic mass is 10.2. The minimum absolute atomic E-state index is 0.0823. The van der Waals surface area contributed by atoms with Crippen LogP contribution in [0.1, 0.15) is 25.1 Å². The molecule has 0 atom stereocenters. The highest BCUT2D eigenvalue weighted by Gasteiger charge is 2.15. The molecule has 94 valence electrons. The number of halogens is 2. The van der Waals surface area contributed by atoms with Gasteiger partial charge in [-0.15, -0.1) is 0 Å². The molecule has 0 N–H and O–H groups in total. The highest BCUT2D eigenvalue weighted by Crippen LogP contribution is 2.26. The van der Waals surface area contributed by atoms with Gasteiger partial charge in [0.15, 0.2) is 0 Å². The van der Waals surface area contributed by atoms with E-state index in [4.69, 9.17) is 0 Å². The van der Waals surface area contributed by atoms with Gasteiger partial charge in [0.1, 0.15) is 5.82 Å². The first kappa shape index (κ1) is 12.4. The molecule has 18 heavy (non-hydrogen) atoms. The highest BCUT2D eigenvalue weighted by atomic mass is 79.9. The van der Waals surface area contributed by atoms with Crippen LogP contribution in [0.15, 0.2) is 25.9 Å². The summed E-state index contributed by atoms with van der Waals surface area (Å²) < 4.78 is 3.61. The average molecular weight is 372 g/mol. The van der Waals surface area contributed by atoms with Gasteiger partial charge in [0.2, 0.25) is 0 Å². The van der Waals surface area contributed by atoms with Crippen molar-refractivity contribution >= 4 is 42.8 Å². The summed E-state index contributed by atoms with van der Waals surface area (Å²) in [6, 6.07) is 3.79. The predicted octanol–water partition coefficient (Wildman–Crippen LogP) is 3.65. The van der Waals surface area contributed by atoms with Gasteiger partial charge in [-0.2, -0.15) is 0 Å². The van der Waals surface area contributed by atoms with Crippen LogP contribution >= 0.6 is 31.9 Å². The van der Waals surface area contributed by atoms with Crippen molar-refractivity contribution < 1.29 is 0 Å². The van der Waals surface area contributed by atoms with Crippen molar-refractivity contribution in [2.45, 2.75) is 32.2 Å². The molecule has 1 aliphatic rings. The minimum Gasteiger partial charge on any atom is -0.296 e. The fraction of sp³-hybridized carbons (Fsp3) is 0.385. The lowest BCUT2D eigenvalue weighted by Crippen LogP contribution is -2.24. The van der Waals surface area contributed by atoms with Crippen molar-refractivity contribution in [3.8, 4) is 0 Å². The number of hydrogen-bond acceptors (Lipinski definition) is 2. The quantitative estimate of drug-likeness (QED) is 0.708. The number of aromatic nitrogens is 2. The van der Waals surface area contributed by atoms with E-state index >= 15 is 0 Å². The molecule has 0 radical (unpaired) electrons. The number of benzene rings is 1. The molecule has 1 aliphatic heterocycles. The number of hydrogen-bond donors (Lipinski definition) is 0. The number of rotatable bonds is 0. The average Bonchev–Trinajstić information content (AvgIpc) is 2.56. The molecule has 0 bridgehead atoms. The van der Waals surface area contributed by atoms with Crippen LogP contribution in [0.4, 0.5) is 0 Å². The molecular formula is C13H12Br2N2O. The van der Waals surface area contributed by atoms with E-state index in [-0.39, 0.29) is 5.56 Å². The van der Waals surface area contributed by atoms with Gasteiger partial charge < -0.3 is 0 Å². The first-order chi connectivity index (χ1) is 8.66. The molecule has 0 saturated carbocycles. The Morgan fingerprint density at radius 3 is 2.83 bits per heavy atom. The molecule has 3 rings (SSSR count). The fourth-order valence-corrected chi connectivity index (χ4v) is 3.76. The fourth-order valence-electron chi connectivity index (χ4n) is 2.45. The van der Waals surface area contributed by atoms with Gasteiger partial charge in [0.05, 0.1) is 10.9 Å². The predicted molar refractivity (Wildman–Crippen MR) is 79.0 cm³/mol. The molecule has 1 aromatic heterocycles. The summed E-state index contributed by atoms with van der Waals surface area (Å²) in [6.45, 7) is 0.793. The zero-order valence-corrected chi connectivity index (χ0v) is 12.9. The van der Waals surface area contributed by atoms with Crippen molar-refractivity contribution in [2.24, 2.45) is 0 Å². The number of nitrogens with zero attached hydrogens (tertiary/aromatic N) is 2. The van der Waals surface area contributed by atoms with Crippen molar-refractivity contribution in [1.29, 1.82) is 0 Å². The second kappa shape index (κ2) is 4.78. The Hall–Kier alpha value is -0.680. The molecule has 0 spiro atoms. The summed E-state index contributed by atoms with van der Waals surface area (Å²) in [5, 5.41) is 0.682. The van der Waals surface area contributed by atoms with Gasteiger partial charge in [-0.3, -0.25) is 9.36 Å². The maximum atomic E-state index is 12.5. The maximum absolute atomic E-state index is 12.5. The number of fused-ring (bicyclic) bond motifs is 2. The van der Waals surface area contributed by atoms with Gasteiger partial charge in [0.25, 0.3) is 5.56 Å². The SMILES string of the molecule is O=c1c2cc(Br)cc(Br)c2nc2n1CCCCC2. The summed E-state index contributed by atoms with van der Waals surface area (Å²) in [4.78, 5) is 17.2. The van der Waals surface area contributed by atoms with E-state index < -0.39 is 0 Å². The Bertz CT molecular complexity index is 679. The molecule has 2 aromatic rings. The van der Waals surface area contributed by atoms with E-state index in [1.54, 1.807) is 0 Å². The van der Waals surface area contributed by atoms with Gasteiger partial charge in [-0.25, -0.2) is 4.98 Å². The molecule has 3 nitrogen and oxygen atoms in total. The topological polar surface area (TPSA) is 34.9 Å². The van der Waals surface area contributed by atoms with Gasteiger partial charge >= 0.3 is 0 Å². The van der Waals surface area contributed by atoms with Crippen molar-refractivity contribution in [1.82, 2.24) is 9.55 Å². The molecule has 0 fully saturated rings. The van der Waals surface area contributed by atoms with E-state index in [0.29, 0.717) is 5.39 Å². The third-order valence-electron chi connectivity index (χ3n) is 3.34. The van der Waals surface area contributed by atoms with Gasteiger partial charge in [0, 0.05) is 21.9 Å². The summed E-state index contributed by atoms with van der Waals surface area (Å²) in [5.74, 6) is 0.924. The van der Waals surface area contributed by atoms with E-state index in [1.807, 2.05) is 16.7 Å². The molecule has 0 unspecified atom stereocenters. The van der Waals surface area contributed by atoms with E-state index in [9.17, 15) is 4.79 Å². The third kappa shape index (κ3) is 2.03. The normalized spacial score (nSPS) is 15.4. The van der Waals surface area contributed by atoms with Crippen molar-refractivity contribution in [2.75, 3.05) is 0 Å². The lowest BCUT2D eigenvalue weighted by Gasteiger charge is -2.11. The molecule has 2 heterocycles. The maximum Gasteiger partial charge on any atom is 0.261 e. The van der Waals surface area contributed by atoms with Gasteiger partial charge in [-0.1, -0.05) is 22.4 Å². The Morgan fingerprint density at radius 2 is 2.00 bits per heavy atom. The summed E-state index contributed by atoms with van der Waals surface area (Å²) >= 11 is 6.91. The Kier molecular flexibility index (Phi) is 3.28. The zero-order valence-electron chi connectivity index (χ0n) is 9.75. The second-order valence-corrected chi connectivity index (χ2v) is 6.35. The van der Waals surface area contributed by atoms with Crippen LogP contribution < -0.4 is 5.56 Å². The first-order valence-electron chi connectivity index (χ1n) is 6.05. The van der Waals surface area contributed by atoms with Crippen LogP contribution in [0, 0.1) is 0 Å². The summed E-state index contributed by atoms with van der Waals surface area (Å²) in [7, 11) is 0. The summed E-state index contributed by atoms with van der Waals surface area (Å²) in [6.07, 6.45) is 4.25. The largest absolute Gasteiger partial charge is 0.296 e. The van der Waals surface area contributed by atoms with Crippen molar-refractivity contribution in [3.05, 3.63) is 37.3 Å². The molecule has 0 aliphatic carbocycles. The number of aryl methyl sites for hydroxylation is 1. The Labute approximate surface area is 121 Å². The monoisotopic (exact) mass is 370 g/mol. The van der Waals surface area contributed by atoms with E-state index in [2.05, 4.69) is 36.8 Å². The first-order valence-corrected chi connectivity index (χ1v) is 7.64. The lowest BCUT2D eigenvalue weighted by molar-refractivity contribution is 0.614. The van der Waals surface area contributed by atoms with Crippen LogP contribution in [-0.2, 0) is 13.0 Å². The minimum atomic E-state index is 0.0823. The molecule has 1 aromatic carbocycles. The molecule has 5 heteroatoms. The van der Waals surface area contributed by atoms with Crippen LogP contribution in [-0.4, -0.2) is 9.55 Å². The van der Waals surface area contributed by atoms with Crippen molar-refractivity contribution in [3.63, 3.8) is 0 Å². The molecular weight excluding hydrogens is 360 g/mol. The molecule has 0 saturated heterocycles. The molecule has 0 amide bonds. The van der Waals surface area contributed by atoms with Crippen LogP contribution in [0.3, 0.4) is 0 Å². The Morgan fingerprint density at radius 1 is 1.17 bits per heavy atom. The van der Waals surface area contributed by atoms with Crippen LogP contribution in [0.5, 0.6) is 0 Å². The smallest absolute Gasteiger partial charge is 0.261 e. The third-order valence-corrected chi connectivity index (χ3v) is 4.40. The standard InChI is InChI=1S/C13H12Br2N2O/c14-8-6-9-12(10(15)7-8)16-11-4-2-1-3-5-17(11)13(9)18/h6-7H,1-5H2. The van der Waals surface area contributed by atoms with E-state index in [1.165, 1.54) is 6.42 Å². The van der Waals surface area contributed by atoms with Crippen LogP contribution in [0.25, 0.3) is 10.9 Å². The van der Waals surface area contributed by atoms with Gasteiger partial charge in [-0.05, 0) is 40.9 Å². The Balaban J connectivity index is 2.38. The van der Waals surface area contributed by atoms with Crippen LogP contribution in [0.2, 0.25) is 0 Å². The summed E-state index contributed by atoms with van der Waals surface area (Å²) in [5.41, 5.74) is 0.857. The second-order valence-electron chi connectivity index (χ2n) is 4.58.